The van der Waals surface area contributed by atoms with E-state index in [0.29, 0.717) is 0 Å². The molecule has 3 rings (SSSR count). The van der Waals surface area contributed by atoms with Crippen LogP contribution in [0.25, 0.3) is 0 Å². The van der Waals surface area contributed by atoms with Crippen molar-refractivity contribution >= 4 is 28.8 Å². The first-order valence-corrected chi connectivity index (χ1v) is 7.54. The van der Waals surface area contributed by atoms with Crippen molar-refractivity contribution in [3.63, 3.8) is 0 Å². The van der Waals surface area contributed by atoms with Crippen LogP contribution in [0.4, 0.5) is 11.4 Å². The zero-order valence-corrected chi connectivity index (χ0v) is 13.9. The number of nitrogens with two attached hydrogens (primary N) is 1. The fourth-order valence-electron chi connectivity index (χ4n) is 2.90. The molecule has 2 aromatic rings. The van der Waals surface area contributed by atoms with E-state index in [-0.39, 0.29) is 33.5 Å². The predicted octanol–water partition coefficient (Wildman–Crippen LogP) is 1.16. The van der Waals surface area contributed by atoms with Crippen LogP contribution in [0.3, 0.4) is 0 Å². The zero-order chi connectivity index (χ0) is 19.2. The van der Waals surface area contributed by atoms with E-state index >= 15 is 0 Å². The van der Waals surface area contributed by atoms with Crippen LogP contribution in [0.1, 0.15) is 42.2 Å². The van der Waals surface area contributed by atoms with Crippen LogP contribution in [-0.2, 0) is 0 Å². The fourth-order valence-corrected chi connectivity index (χ4v) is 2.90. The molecule has 0 spiro atoms. The van der Waals surface area contributed by atoms with Crippen molar-refractivity contribution in [3.8, 4) is 0 Å². The number of amides is 1. The van der Waals surface area contributed by atoms with Crippen molar-refractivity contribution in [2.45, 2.75) is 0 Å². The van der Waals surface area contributed by atoms with Crippen LogP contribution in [0.5, 0.6) is 0 Å². The van der Waals surface area contributed by atoms with Crippen LogP contribution in [0, 0.1) is 10.1 Å². The van der Waals surface area contributed by atoms with Crippen molar-refractivity contribution in [2.75, 3.05) is 19.8 Å². The van der Waals surface area contributed by atoms with Crippen LogP contribution in [0.2, 0.25) is 0 Å². The van der Waals surface area contributed by atoms with Crippen molar-refractivity contribution in [1.29, 1.82) is 0 Å². The van der Waals surface area contributed by atoms with E-state index in [1.165, 1.54) is 26.2 Å². The molecule has 1 amide bonds. The Labute approximate surface area is 147 Å². The van der Waals surface area contributed by atoms with Gasteiger partial charge in [0.25, 0.3) is 11.6 Å². The van der Waals surface area contributed by atoms with Gasteiger partial charge in [0.05, 0.1) is 21.7 Å². The first-order chi connectivity index (χ1) is 12.3. The maximum absolute atomic E-state index is 12.9. The molecule has 2 aromatic carbocycles. The number of anilines is 1. The molecule has 3 N–H and O–H groups in total. The number of hydrogen-bond acceptors (Lipinski definition) is 7. The number of carbonyl (C=O) groups excluding carboxylic acids is 3. The van der Waals surface area contributed by atoms with Gasteiger partial charge in [0.15, 0.2) is 5.78 Å². The highest BCUT2D eigenvalue weighted by atomic mass is 16.6. The number of rotatable bonds is 3. The van der Waals surface area contributed by atoms with Gasteiger partial charge in [0.2, 0.25) is 5.78 Å². The molecular weight excluding hydrogens is 340 g/mol. The largest absolute Gasteiger partial charge is 0.397 e. The summed E-state index contributed by atoms with van der Waals surface area (Å²) in [7, 11) is 2.88. The van der Waals surface area contributed by atoms with E-state index < -0.39 is 28.1 Å². The lowest BCUT2D eigenvalue weighted by atomic mass is 9.81. The highest BCUT2D eigenvalue weighted by molar-refractivity contribution is 6.32. The normalized spacial score (nSPS) is 12.4. The molecule has 9 nitrogen and oxygen atoms in total. The first-order valence-electron chi connectivity index (χ1n) is 7.54. The maximum Gasteiger partial charge on any atom is 0.282 e. The summed E-state index contributed by atoms with van der Waals surface area (Å²) < 4.78 is 0. The van der Waals surface area contributed by atoms with E-state index in [0.717, 1.165) is 11.1 Å². The molecule has 0 aliphatic heterocycles. The number of nitrogen functional groups attached to an aromatic ring is 1. The van der Waals surface area contributed by atoms with Gasteiger partial charge < -0.3 is 5.73 Å². The van der Waals surface area contributed by atoms with Gasteiger partial charge in [-0.15, -0.1) is 0 Å². The molecule has 26 heavy (non-hydrogen) atoms. The minimum Gasteiger partial charge on any atom is -0.397 e. The van der Waals surface area contributed by atoms with Gasteiger partial charge in [-0.3, -0.25) is 29.5 Å². The van der Waals surface area contributed by atoms with Gasteiger partial charge in [0.1, 0.15) is 5.56 Å². The Morgan fingerprint density at radius 1 is 1.15 bits per heavy atom. The molecule has 0 heterocycles. The zero-order valence-electron chi connectivity index (χ0n) is 13.9. The van der Waals surface area contributed by atoms with E-state index in [9.17, 15) is 24.5 Å². The number of benzene rings is 2. The summed E-state index contributed by atoms with van der Waals surface area (Å²) in [6, 6.07) is 6.93. The molecule has 9 heteroatoms. The quantitative estimate of drug-likeness (QED) is 0.409. The molecule has 0 saturated carbocycles. The Morgan fingerprint density at radius 3 is 2.19 bits per heavy atom. The highest BCUT2D eigenvalue weighted by Crippen LogP contribution is 2.38. The molecule has 0 bridgehead atoms. The first kappa shape index (κ1) is 17.2. The van der Waals surface area contributed by atoms with Crippen molar-refractivity contribution in [1.82, 2.24) is 10.4 Å². The molecule has 1 aliphatic carbocycles. The summed E-state index contributed by atoms with van der Waals surface area (Å²) in [5.74, 6) is -1.97. The summed E-state index contributed by atoms with van der Waals surface area (Å²) >= 11 is 0. The summed E-state index contributed by atoms with van der Waals surface area (Å²) in [5.41, 5.74) is 6.91. The number of nitrogens with one attached hydrogen (secondary N) is 1. The van der Waals surface area contributed by atoms with Crippen molar-refractivity contribution < 1.29 is 19.3 Å². The molecule has 0 unspecified atom stereocenters. The second-order valence-electron chi connectivity index (χ2n) is 5.66. The summed E-state index contributed by atoms with van der Waals surface area (Å²) in [5, 5.41) is 12.6. The van der Waals surface area contributed by atoms with Gasteiger partial charge in [0, 0.05) is 31.3 Å². The van der Waals surface area contributed by atoms with Gasteiger partial charge in [-0.1, -0.05) is 24.3 Å². The number of hydrazine groups is 1. The lowest BCUT2D eigenvalue weighted by Gasteiger charge is -2.22. The van der Waals surface area contributed by atoms with E-state index in [4.69, 9.17) is 5.73 Å². The monoisotopic (exact) mass is 354 g/mol. The van der Waals surface area contributed by atoms with Crippen molar-refractivity contribution in [3.05, 3.63) is 68.3 Å². The lowest BCUT2D eigenvalue weighted by Crippen LogP contribution is -2.37. The Hall–Kier alpha value is -3.59. The SMILES string of the molecule is CNN(C)C(=O)c1cc([N+](=O)[O-])c2c(c1N)C(=O)c1ccccc1C2=O. The molecule has 0 fully saturated rings. The predicted molar refractivity (Wildman–Crippen MR) is 92.0 cm³/mol. The van der Waals surface area contributed by atoms with Crippen molar-refractivity contribution in [2.24, 2.45) is 0 Å². The standard InChI is InChI=1S/C17H14N4O5/c1-19-20(2)17(24)10-7-11(21(25)26)12-13(14(10)18)16(23)9-6-4-3-5-8(9)15(12)22/h3-7,19H,18H2,1-2H3. The van der Waals surface area contributed by atoms with Gasteiger partial charge in [-0.25, -0.2) is 5.43 Å². The summed E-state index contributed by atoms with van der Waals surface area (Å²) in [4.78, 5) is 48.8. The average molecular weight is 354 g/mol. The third-order valence-corrected chi connectivity index (χ3v) is 4.28. The van der Waals surface area contributed by atoms with Gasteiger partial charge >= 0.3 is 0 Å². The van der Waals surface area contributed by atoms with Crippen LogP contribution in [0.15, 0.2) is 30.3 Å². The molecule has 0 saturated heterocycles. The number of nitro groups is 1. The smallest absolute Gasteiger partial charge is 0.282 e. The van der Waals surface area contributed by atoms with Gasteiger partial charge in [-0.2, -0.15) is 0 Å². The van der Waals surface area contributed by atoms with E-state index in [1.54, 1.807) is 12.1 Å². The van der Waals surface area contributed by atoms with Crippen LogP contribution < -0.4 is 11.2 Å². The van der Waals surface area contributed by atoms with E-state index in [2.05, 4.69) is 5.43 Å². The maximum atomic E-state index is 12.9. The third-order valence-electron chi connectivity index (χ3n) is 4.28. The minimum atomic E-state index is -0.798. The highest BCUT2D eigenvalue weighted by Gasteiger charge is 2.39. The lowest BCUT2D eigenvalue weighted by molar-refractivity contribution is -0.385. The molecule has 0 aromatic heterocycles. The number of fused-ring (bicyclic) bond motifs is 2. The molecule has 0 radical (unpaired) electrons. The number of hydrogen-bond donors (Lipinski definition) is 2. The number of nitrogens with zero attached hydrogens (tertiary/aromatic N) is 2. The van der Waals surface area contributed by atoms with Gasteiger partial charge in [-0.05, 0) is 0 Å². The second-order valence-corrected chi connectivity index (χ2v) is 5.66. The van der Waals surface area contributed by atoms with Crippen LogP contribution in [-0.4, -0.2) is 41.5 Å². The molecule has 1 aliphatic rings. The van der Waals surface area contributed by atoms with Crippen LogP contribution >= 0.6 is 0 Å². The Balaban J connectivity index is 2.37. The number of nitro benzene ring substituents is 1. The number of carbonyl (C=O) groups is 3. The third kappa shape index (κ3) is 2.33. The topological polar surface area (TPSA) is 136 Å². The average Bonchev–Trinajstić information content (AvgIpc) is 2.64. The molecule has 132 valence electrons. The number of ketones is 2. The fraction of sp³-hybridized carbons (Fsp3) is 0.118. The second kappa shape index (κ2) is 6.05. The Kier molecular flexibility index (Phi) is 4.01. The minimum absolute atomic E-state index is 0.0684. The Bertz CT molecular complexity index is 999. The summed E-state index contributed by atoms with van der Waals surface area (Å²) in [6.07, 6.45) is 0. The van der Waals surface area contributed by atoms with E-state index in [1.807, 2.05) is 0 Å². The summed E-state index contributed by atoms with van der Waals surface area (Å²) in [6.45, 7) is 0. The Morgan fingerprint density at radius 2 is 1.69 bits per heavy atom. The molecule has 0 atom stereocenters. The molecular formula is C17H14N4O5.